The molecule has 0 aliphatic rings. The van der Waals surface area contributed by atoms with Gasteiger partial charge >= 0.3 is 6.18 Å². The van der Waals surface area contributed by atoms with Gasteiger partial charge in [0.25, 0.3) is 5.91 Å². The van der Waals surface area contributed by atoms with Crippen molar-refractivity contribution in [2.45, 2.75) is 19.0 Å². The molecule has 1 aromatic carbocycles. The van der Waals surface area contributed by atoms with Crippen LogP contribution in [0, 0.1) is 0 Å². The van der Waals surface area contributed by atoms with Gasteiger partial charge in [-0.15, -0.1) is 0 Å². The van der Waals surface area contributed by atoms with E-state index in [1.807, 2.05) is 0 Å². The number of rotatable bonds is 7. The number of hydrogen-bond donors (Lipinski definition) is 2. The smallest absolute Gasteiger partial charge is 0.416 e. The Morgan fingerprint density at radius 2 is 1.85 bits per heavy atom. The zero-order valence-electron chi connectivity index (χ0n) is 10.9. The van der Waals surface area contributed by atoms with Gasteiger partial charge in [0.1, 0.15) is 5.75 Å². The number of benzene rings is 1. The normalized spacial score (nSPS) is 11.2. The van der Waals surface area contributed by atoms with Crippen LogP contribution in [-0.4, -0.2) is 25.6 Å². The van der Waals surface area contributed by atoms with Crippen LogP contribution in [0.3, 0.4) is 0 Å². The molecular weight excluding hydrogens is 273 g/mol. The summed E-state index contributed by atoms with van der Waals surface area (Å²) in [6.07, 6.45) is -2.78. The Bertz CT molecular complexity index is 419. The fourth-order valence-corrected chi connectivity index (χ4v) is 1.44. The minimum absolute atomic E-state index is 0.218. The fourth-order valence-electron chi connectivity index (χ4n) is 1.44. The van der Waals surface area contributed by atoms with Gasteiger partial charge in [0.15, 0.2) is 6.61 Å². The quantitative estimate of drug-likeness (QED) is 0.754. The maximum absolute atomic E-state index is 12.3. The third-order valence-corrected chi connectivity index (χ3v) is 2.50. The predicted octanol–water partition coefficient (Wildman–Crippen LogP) is 1.94. The lowest BCUT2D eigenvalue weighted by atomic mass is 10.2. The molecule has 7 heteroatoms. The van der Waals surface area contributed by atoms with Crippen LogP contribution in [0.15, 0.2) is 24.3 Å². The maximum Gasteiger partial charge on any atom is 0.416 e. The largest absolute Gasteiger partial charge is 0.484 e. The number of unbranched alkanes of at least 4 members (excludes halogenated alkanes) is 1. The van der Waals surface area contributed by atoms with Crippen LogP contribution in [0.4, 0.5) is 13.2 Å². The number of alkyl halides is 3. The third kappa shape index (κ3) is 5.92. The highest BCUT2D eigenvalue weighted by Crippen LogP contribution is 2.30. The van der Waals surface area contributed by atoms with Gasteiger partial charge in [0.05, 0.1) is 5.56 Å². The highest BCUT2D eigenvalue weighted by Gasteiger charge is 2.29. The standard InChI is InChI=1S/C13H17F3N2O2/c14-13(15,16)10-3-5-11(6-4-10)20-9-12(19)18-8-2-1-7-17/h3-6H,1-2,7-9,17H2,(H,18,19). The van der Waals surface area contributed by atoms with Gasteiger partial charge in [-0.3, -0.25) is 4.79 Å². The molecule has 0 saturated heterocycles. The monoisotopic (exact) mass is 290 g/mol. The average molecular weight is 290 g/mol. The van der Waals surface area contributed by atoms with Gasteiger partial charge in [-0.25, -0.2) is 0 Å². The molecular formula is C13H17F3N2O2. The van der Waals surface area contributed by atoms with Crippen LogP contribution in [-0.2, 0) is 11.0 Å². The lowest BCUT2D eigenvalue weighted by Gasteiger charge is -2.09. The topological polar surface area (TPSA) is 64.3 Å². The first kappa shape index (κ1) is 16.3. The first-order valence-electron chi connectivity index (χ1n) is 6.20. The second-order valence-electron chi connectivity index (χ2n) is 4.16. The van der Waals surface area contributed by atoms with E-state index in [-0.39, 0.29) is 18.3 Å². The summed E-state index contributed by atoms with van der Waals surface area (Å²) in [6.45, 7) is 0.846. The molecule has 0 saturated carbocycles. The second kappa shape index (κ2) is 7.74. The Balaban J connectivity index is 2.33. The molecule has 0 aliphatic carbocycles. The number of carbonyl (C=O) groups excluding carboxylic acids is 1. The van der Waals surface area contributed by atoms with Crippen molar-refractivity contribution in [2.75, 3.05) is 19.7 Å². The molecule has 0 heterocycles. The lowest BCUT2D eigenvalue weighted by molar-refractivity contribution is -0.137. The predicted molar refractivity (Wildman–Crippen MR) is 68.2 cm³/mol. The summed E-state index contributed by atoms with van der Waals surface area (Å²) in [7, 11) is 0. The van der Waals surface area contributed by atoms with E-state index in [2.05, 4.69) is 5.32 Å². The molecule has 4 nitrogen and oxygen atoms in total. The van der Waals surface area contributed by atoms with Crippen molar-refractivity contribution >= 4 is 5.91 Å². The summed E-state index contributed by atoms with van der Waals surface area (Å²) in [5, 5.41) is 2.62. The Morgan fingerprint density at radius 3 is 2.40 bits per heavy atom. The summed E-state index contributed by atoms with van der Waals surface area (Å²) >= 11 is 0. The van der Waals surface area contributed by atoms with Crippen LogP contribution < -0.4 is 15.8 Å². The second-order valence-corrected chi connectivity index (χ2v) is 4.16. The summed E-state index contributed by atoms with van der Waals surface area (Å²) in [5.41, 5.74) is 4.55. The third-order valence-electron chi connectivity index (χ3n) is 2.50. The van der Waals surface area contributed by atoms with Crippen molar-refractivity contribution in [1.82, 2.24) is 5.32 Å². The molecule has 1 amide bonds. The van der Waals surface area contributed by atoms with E-state index in [4.69, 9.17) is 10.5 Å². The van der Waals surface area contributed by atoms with E-state index in [1.165, 1.54) is 12.1 Å². The van der Waals surface area contributed by atoms with Crippen LogP contribution >= 0.6 is 0 Å². The van der Waals surface area contributed by atoms with Gasteiger partial charge < -0.3 is 15.8 Å². The lowest BCUT2D eigenvalue weighted by Crippen LogP contribution is -2.29. The molecule has 3 N–H and O–H groups in total. The molecule has 112 valence electrons. The first-order valence-corrected chi connectivity index (χ1v) is 6.20. The molecule has 1 rings (SSSR count). The number of ether oxygens (including phenoxy) is 1. The Kier molecular flexibility index (Phi) is 6.30. The molecule has 0 spiro atoms. The van der Waals surface area contributed by atoms with E-state index in [0.29, 0.717) is 13.1 Å². The van der Waals surface area contributed by atoms with Gasteiger partial charge in [-0.05, 0) is 43.7 Å². The van der Waals surface area contributed by atoms with E-state index in [0.717, 1.165) is 25.0 Å². The summed E-state index contributed by atoms with van der Waals surface area (Å²) in [6, 6.07) is 4.19. The minimum atomic E-state index is -4.38. The van der Waals surface area contributed by atoms with E-state index >= 15 is 0 Å². The van der Waals surface area contributed by atoms with Gasteiger partial charge in [-0.1, -0.05) is 0 Å². The number of carbonyl (C=O) groups is 1. The highest BCUT2D eigenvalue weighted by molar-refractivity contribution is 5.77. The van der Waals surface area contributed by atoms with Crippen molar-refractivity contribution in [3.05, 3.63) is 29.8 Å². The number of hydrogen-bond acceptors (Lipinski definition) is 3. The van der Waals surface area contributed by atoms with Crippen molar-refractivity contribution in [2.24, 2.45) is 5.73 Å². The zero-order chi connectivity index (χ0) is 15.0. The van der Waals surface area contributed by atoms with Crippen LogP contribution in [0.1, 0.15) is 18.4 Å². The highest BCUT2D eigenvalue weighted by atomic mass is 19.4. The molecule has 0 fully saturated rings. The summed E-state index contributed by atoms with van der Waals surface area (Å²) in [5.74, 6) is -0.1000. The Labute approximate surface area is 115 Å². The minimum Gasteiger partial charge on any atom is -0.484 e. The first-order chi connectivity index (χ1) is 9.43. The van der Waals surface area contributed by atoms with Crippen LogP contribution in [0.2, 0.25) is 0 Å². The van der Waals surface area contributed by atoms with E-state index in [1.54, 1.807) is 0 Å². The maximum atomic E-state index is 12.3. The van der Waals surface area contributed by atoms with Crippen molar-refractivity contribution in [3.63, 3.8) is 0 Å². The van der Waals surface area contributed by atoms with E-state index in [9.17, 15) is 18.0 Å². The summed E-state index contributed by atoms with van der Waals surface area (Å²) < 4.78 is 42.1. The fraction of sp³-hybridized carbons (Fsp3) is 0.462. The molecule has 20 heavy (non-hydrogen) atoms. The van der Waals surface area contributed by atoms with Crippen molar-refractivity contribution < 1.29 is 22.7 Å². The molecule has 0 aliphatic heterocycles. The van der Waals surface area contributed by atoms with Crippen molar-refractivity contribution in [1.29, 1.82) is 0 Å². The van der Waals surface area contributed by atoms with Gasteiger partial charge in [0.2, 0.25) is 0 Å². The Morgan fingerprint density at radius 1 is 1.20 bits per heavy atom. The molecule has 1 aromatic rings. The van der Waals surface area contributed by atoms with E-state index < -0.39 is 11.7 Å². The van der Waals surface area contributed by atoms with Crippen LogP contribution in [0.5, 0.6) is 5.75 Å². The number of nitrogens with one attached hydrogen (secondary N) is 1. The number of nitrogens with two attached hydrogens (primary N) is 1. The van der Waals surface area contributed by atoms with Crippen LogP contribution in [0.25, 0.3) is 0 Å². The number of amides is 1. The van der Waals surface area contributed by atoms with Gasteiger partial charge in [-0.2, -0.15) is 13.2 Å². The van der Waals surface area contributed by atoms with Gasteiger partial charge in [0, 0.05) is 6.54 Å². The molecule has 0 aromatic heterocycles. The Hall–Kier alpha value is -1.76. The van der Waals surface area contributed by atoms with Crippen molar-refractivity contribution in [3.8, 4) is 5.75 Å². The molecule has 0 bridgehead atoms. The number of halogens is 3. The molecule has 0 unspecified atom stereocenters. The SMILES string of the molecule is NCCCCNC(=O)COc1ccc(C(F)(F)F)cc1. The zero-order valence-corrected chi connectivity index (χ0v) is 10.9. The molecule has 0 radical (unpaired) electrons. The average Bonchev–Trinajstić information content (AvgIpc) is 2.41. The summed E-state index contributed by atoms with van der Waals surface area (Å²) in [4.78, 5) is 11.4. The molecule has 0 atom stereocenters.